The minimum atomic E-state index is -0.495. The number of hydrogen-bond acceptors (Lipinski definition) is 5. The van der Waals surface area contributed by atoms with Crippen LogP contribution in [0.4, 0.5) is 0 Å². The van der Waals surface area contributed by atoms with Gasteiger partial charge in [-0.25, -0.2) is 5.48 Å². The van der Waals surface area contributed by atoms with Crippen LogP contribution in [0.3, 0.4) is 0 Å². The normalized spacial score (nSPS) is 32.3. The molecule has 1 aromatic heterocycles. The van der Waals surface area contributed by atoms with Crippen LogP contribution < -0.4 is 5.48 Å². The molecule has 3 aliphatic rings. The molecule has 6 heteroatoms. The predicted molar refractivity (Wildman–Crippen MR) is 89.7 cm³/mol. The summed E-state index contributed by atoms with van der Waals surface area (Å²) in [7, 11) is 2.26. The molecule has 6 nitrogen and oxygen atoms in total. The number of rotatable bonds is 4. The first kappa shape index (κ1) is 16.0. The number of pyridine rings is 1. The van der Waals surface area contributed by atoms with E-state index < -0.39 is 5.91 Å². The number of piperidine rings is 1. The highest BCUT2D eigenvalue weighted by Gasteiger charge is 2.52. The van der Waals surface area contributed by atoms with Crippen molar-refractivity contribution in [1.82, 2.24) is 20.3 Å². The first-order valence-corrected chi connectivity index (χ1v) is 9.00. The molecule has 3 unspecified atom stereocenters. The Kier molecular flexibility index (Phi) is 4.06. The average molecular weight is 330 g/mol. The second-order valence-corrected chi connectivity index (χ2v) is 7.51. The summed E-state index contributed by atoms with van der Waals surface area (Å²) in [6, 6.07) is 3.91. The lowest BCUT2D eigenvalue weighted by molar-refractivity contribution is -0.118. The molecule has 0 bridgehead atoms. The maximum absolute atomic E-state index is 11.6. The number of likely N-dealkylation sites (N-methyl/N-ethyl adjacent to an activating group) is 1. The summed E-state index contributed by atoms with van der Waals surface area (Å²) in [5.74, 6) is 0.393. The maximum atomic E-state index is 11.6. The van der Waals surface area contributed by atoms with Gasteiger partial charge in [-0.05, 0) is 43.9 Å². The molecule has 2 fully saturated rings. The Morgan fingerprint density at radius 1 is 1.46 bits per heavy atom. The van der Waals surface area contributed by atoms with Crippen molar-refractivity contribution in [3.63, 3.8) is 0 Å². The molecule has 2 N–H and O–H groups in total. The molecule has 2 aliphatic heterocycles. The van der Waals surface area contributed by atoms with Gasteiger partial charge in [0.05, 0.1) is 5.56 Å². The fourth-order valence-electron chi connectivity index (χ4n) is 4.78. The van der Waals surface area contributed by atoms with Crippen molar-refractivity contribution >= 4 is 5.91 Å². The summed E-state index contributed by atoms with van der Waals surface area (Å²) in [6.07, 6.45) is 6.36. The van der Waals surface area contributed by atoms with E-state index >= 15 is 0 Å². The number of hydroxylamine groups is 1. The van der Waals surface area contributed by atoms with E-state index in [0.717, 1.165) is 49.1 Å². The van der Waals surface area contributed by atoms with Gasteiger partial charge in [-0.3, -0.25) is 24.8 Å². The van der Waals surface area contributed by atoms with E-state index in [1.165, 1.54) is 12.8 Å². The third-order valence-electron chi connectivity index (χ3n) is 6.47. The Hall–Kier alpha value is -1.50. The van der Waals surface area contributed by atoms with Crippen LogP contribution in [0.5, 0.6) is 0 Å². The van der Waals surface area contributed by atoms with Crippen molar-refractivity contribution < 1.29 is 10.0 Å². The Bertz CT molecular complexity index is 644. The largest absolute Gasteiger partial charge is 0.299 e. The number of fused-ring (bicyclic) bond motifs is 2. The number of carbonyl (C=O) groups excluding carboxylic acids is 1. The fraction of sp³-hybridized carbons (Fsp3) is 0.667. The zero-order chi connectivity index (χ0) is 16.8. The Labute approximate surface area is 142 Å². The van der Waals surface area contributed by atoms with E-state index in [4.69, 9.17) is 5.21 Å². The van der Waals surface area contributed by atoms with Gasteiger partial charge in [-0.15, -0.1) is 0 Å². The van der Waals surface area contributed by atoms with Crippen LogP contribution in [-0.2, 0) is 13.0 Å². The quantitative estimate of drug-likeness (QED) is 0.646. The molecule has 0 radical (unpaired) electrons. The van der Waals surface area contributed by atoms with Gasteiger partial charge in [0.15, 0.2) is 0 Å². The molecule has 0 spiro atoms. The van der Waals surface area contributed by atoms with Crippen LogP contribution >= 0.6 is 0 Å². The van der Waals surface area contributed by atoms with E-state index in [2.05, 4.69) is 28.8 Å². The zero-order valence-electron chi connectivity index (χ0n) is 14.4. The van der Waals surface area contributed by atoms with Crippen LogP contribution in [0.25, 0.3) is 0 Å². The summed E-state index contributed by atoms with van der Waals surface area (Å²) in [5.41, 5.74) is 4.33. The molecular formula is C18H26N4O2. The third-order valence-corrected chi connectivity index (χ3v) is 6.47. The summed E-state index contributed by atoms with van der Waals surface area (Å²) < 4.78 is 0. The molecule has 1 aliphatic carbocycles. The maximum Gasteiger partial charge on any atom is 0.276 e. The molecule has 1 saturated heterocycles. The highest BCUT2D eigenvalue weighted by atomic mass is 16.5. The van der Waals surface area contributed by atoms with Crippen molar-refractivity contribution in [3.8, 4) is 0 Å². The molecule has 1 aromatic rings. The summed E-state index contributed by atoms with van der Waals surface area (Å²) in [5, 5.41) is 8.83. The van der Waals surface area contributed by atoms with Gasteiger partial charge in [0, 0.05) is 49.5 Å². The standard InChI is InChI=1S/C18H26N4O2/c1-3-13-7-15-12(6-11(8-19-15)18(23)20-24)9-22(13)10-17-14-4-5-16(14)21(17)2/h6,8,13-14,16-17,24H,3-5,7,9-10H2,1-2H3,(H,20,23)/t13-,14?,16?,17?/m1/s1. The van der Waals surface area contributed by atoms with Crippen LogP contribution in [0, 0.1) is 5.92 Å². The van der Waals surface area contributed by atoms with E-state index in [1.54, 1.807) is 11.7 Å². The lowest BCUT2D eigenvalue weighted by atomic mass is 9.65. The lowest BCUT2D eigenvalue weighted by Crippen LogP contribution is -2.70. The smallest absolute Gasteiger partial charge is 0.276 e. The second-order valence-electron chi connectivity index (χ2n) is 7.51. The van der Waals surface area contributed by atoms with E-state index in [1.807, 2.05) is 6.07 Å². The summed E-state index contributed by atoms with van der Waals surface area (Å²) in [6.45, 7) is 4.19. The van der Waals surface area contributed by atoms with Crippen molar-refractivity contribution in [2.75, 3.05) is 13.6 Å². The van der Waals surface area contributed by atoms with Crippen molar-refractivity contribution in [3.05, 3.63) is 29.1 Å². The number of aromatic nitrogens is 1. The summed E-state index contributed by atoms with van der Waals surface area (Å²) in [4.78, 5) is 21.2. The monoisotopic (exact) mass is 330 g/mol. The van der Waals surface area contributed by atoms with Crippen molar-refractivity contribution in [1.29, 1.82) is 0 Å². The molecule has 4 atom stereocenters. The number of nitrogens with one attached hydrogen (secondary N) is 1. The number of carbonyl (C=O) groups is 1. The Morgan fingerprint density at radius 3 is 2.92 bits per heavy atom. The van der Waals surface area contributed by atoms with Crippen molar-refractivity contribution in [2.24, 2.45) is 5.92 Å². The average Bonchev–Trinajstić information content (AvgIpc) is 2.58. The van der Waals surface area contributed by atoms with Gasteiger partial charge in [-0.2, -0.15) is 0 Å². The SMILES string of the molecule is CC[C@@H]1Cc2ncc(C(=O)NO)cc2CN1CC1C2CCC2N1C. The molecule has 3 heterocycles. The molecule has 4 rings (SSSR count). The number of amides is 1. The lowest BCUT2D eigenvalue weighted by Gasteiger charge is -2.62. The minimum absolute atomic E-state index is 0.422. The van der Waals surface area contributed by atoms with E-state index in [-0.39, 0.29) is 0 Å². The molecule has 130 valence electrons. The highest BCUT2D eigenvalue weighted by Crippen LogP contribution is 2.46. The van der Waals surface area contributed by atoms with E-state index in [0.29, 0.717) is 17.6 Å². The Morgan fingerprint density at radius 2 is 2.29 bits per heavy atom. The second kappa shape index (κ2) is 6.10. The summed E-state index contributed by atoms with van der Waals surface area (Å²) >= 11 is 0. The number of nitrogens with zero attached hydrogens (tertiary/aromatic N) is 3. The van der Waals surface area contributed by atoms with Gasteiger partial charge in [0.1, 0.15) is 0 Å². The fourth-order valence-corrected chi connectivity index (χ4v) is 4.78. The Balaban J connectivity index is 1.52. The topological polar surface area (TPSA) is 68.7 Å². The van der Waals surface area contributed by atoms with Gasteiger partial charge < -0.3 is 0 Å². The van der Waals surface area contributed by atoms with Gasteiger partial charge in [0.25, 0.3) is 5.91 Å². The zero-order valence-corrected chi connectivity index (χ0v) is 14.4. The number of hydrogen-bond donors (Lipinski definition) is 2. The molecule has 1 saturated carbocycles. The minimum Gasteiger partial charge on any atom is -0.299 e. The molecule has 24 heavy (non-hydrogen) atoms. The predicted octanol–water partition coefficient (Wildman–Crippen LogP) is 1.43. The number of likely N-dealkylation sites (tertiary alicyclic amines) is 1. The van der Waals surface area contributed by atoms with Gasteiger partial charge in [-0.1, -0.05) is 6.92 Å². The van der Waals surface area contributed by atoms with Gasteiger partial charge >= 0.3 is 0 Å². The van der Waals surface area contributed by atoms with E-state index in [9.17, 15) is 4.79 Å². The van der Waals surface area contributed by atoms with Crippen molar-refractivity contribution in [2.45, 2.75) is 57.3 Å². The van der Waals surface area contributed by atoms with Crippen LogP contribution in [0.15, 0.2) is 12.3 Å². The van der Waals surface area contributed by atoms with Crippen LogP contribution in [-0.4, -0.2) is 57.6 Å². The third kappa shape index (κ3) is 2.44. The first-order valence-electron chi connectivity index (χ1n) is 9.00. The van der Waals surface area contributed by atoms with Crippen LogP contribution in [0.2, 0.25) is 0 Å². The highest BCUT2D eigenvalue weighted by molar-refractivity contribution is 5.93. The first-order chi connectivity index (χ1) is 11.6. The molecule has 1 amide bonds. The van der Waals surface area contributed by atoms with Crippen LogP contribution in [0.1, 0.15) is 47.8 Å². The molecular weight excluding hydrogens is 304 g/mol. The van der Waals surface area contributed by atoms with Gasteiger partial charge in [0.2, 0.25) is 0 Å². The molecule has 0 aromatic carbocycles.